The molecule has 0 fully saturated rings. The zero-order chi connectivity index (χ0) is 7.68. The number of halogens is 1. The smallest absolute Gasteiger partial charge is 0.137 e. The van der Waals surface area contributed by atoms with Crippen LogP contribution >= 0.6 is 33.9 Å². The molecule has 2 rings (SSSR count). The van der Waals surface area contributed by atoms with Crippen LogP contribution in [0.15, 0.2) is 24.1 Å². The highest BCUT2D eigenvalue weighted by Crippen LogP contribution is 2.12. The Kier molecular flexibility index (Phi) is 1.91. The lowest BCUT2D eigenvalue weighted by Crippen LogP contribution is -1.88. The highest BCUT2D eigenvalue weighted by molar-refractivity contribution is 14.1. The Labute approximate surface area is 81.2 Å². The van der Waals surface area contributed by atoms with Gasteiger partial charge in [0.05, 0.1) is 21.5 Å². The molecule has 2 aromatic rings. The lowest BCUT2D eigenvalue weighted by molar-refractivity contribution is 0.894. The quantitative estimate of drug-likeness (QED) is 0.746. The Morgan fingerprint density at radius 1 is 1.45 bits per heavy atom. The summed E-state index contributed by atoms with van der Waals surface area (Å²) in [6.07, 6.45) is 5.59. The summed E-state index contributed by atoms with van der Waals surface area (Å²) in [4.78, 5) is 3.96. The van der Waals surface area contributed by atoms with Crippen LogP contribution in [0.3, 0.4) is 0 Å². The molecule has 0 saturated heterocycles. The lowest BCUT2D eigenvalue weighted by Gasteiger charge is -1.90. The zero-order valence-corrected chi connectivity index (χ0v) is 8.41. The van der Waals surface area contributed by atoms with Gasteiger partial charge in [-0.1, -0.05) is 0 Å². The van der Waals surface area contributed by atoms with Crippen molar-refractivity contribution in [1.29, 1.82) is 0 Å². The fourth-order valence-electron chi connectivity index (χ4n) is 0.744. The number of hydrogen-bond acceptors (Lipinski definition) is 3. The van der Waals surface area contributed by atoms with Gasteiger partial charge in [-0.2, -0.15) is 5.10 Å². The summed E-state index contributed by atoms with van der Waals surface area (Å²) in [6, 6.07) is 0. The Balaban J connectivity index is 2.45. The Morgan fingerprint density at radius 3 is 2.91 bits per heavy atom. The predicted octanol–water partition coefficient (Wildman–Crippen LogP) is 1.93. The molecule has 0 bridgehead atoms. The zero-order valence-electron chi connectivity index (χ0n) is 5.44. The van der Waals surface area contributed by atoms with E-state index in [-0.39, 0.29) is 0 Å². The van der Waals surface area contributed by atoms with Crippen molar-refractivity contribution in [3.8, 4) is 5.00 Å². The van der Waals surface area contributed by atoms with Crippen LogP contribution in [0.1, 0.15) is 0 Å². The van der Waals surface area contributed by atoms with Crippen LogP contribution in [0.2, 0.25) is 0 Å². The van der Waals surface area contributed by atoms with Gasteiger partial charge in [-0.25, -0.2) is 4.68 Å². The van der Waals surface area contributed by atoms with Crippen molar-refractivity contribution in [2.75, 3.05) is 0 Å². The van der Waals surface area contributed by atoms with Crippen molar-refractivity contribution in [3.05, 3.63) is 27.7 Å². The first-order valence-electron chi connectivity index (χ1n) is 2.95. The van der Waals surface area contributed by atoms with E-state index >= 15 is 0 Å². The van der Waals surface area contributed by atoms with E-state index in [0.29, 0.717) is 0 Å². The van der Waals surface area contributed by atoms with Gasteiger partial charge < -0.3 is 0 Å². The van der Waals surface area contributed by atoms with E-state index in [4.69, 9.17) is 0 Å². The number of hydrogen-bond donors (Lipinski definition) is 0. The fourth-order valence-corrected chi connectivity index (χ4v) is 1.69. The summed E-state index contributed by atoms with van der Waals surface area (Å²) >= 11 is 3.80. The molecule has 0 saturated carbocycles. The van der Waals surface area contributed by atoms with Crippen molar-refractivity contribution in [3.63, 3.8) is 0 Å². The first-order valence-corrected chi connectivity index (χ1v) is 4.91. The molecule has 56 valence electrons. The molecule has 0 spiro atoms. The normalized spacial score (nSPS) is 10.3. The summed E-state index contributed by atoms with van der Waals surface area (Å²) in [5.74, 6) is 0. The third-order valence-corrected chi connectivity index (χ3v) is 2.51. The monoisotopic (exact) mass is 277 g/mol. The minimum atomic E-state index is 1.05. The van der Waals surface area contributed by atoms with Crippen LogP contribution < -0.4 is 0 Å². The van der Waals surface area contributed by atoms with Crippen molar-refractivity contribution in [2.24, 2.45) is 0 Å². The molecule has 3 nitrogen and oxygen atoms in total. The van der Waals surface area contributed by atoms with Crippen LogP contribution in [0.5, 0.6) is 0 Å². The SMILES string of the molecule is Ic1cnn(-c2cncs2)c1. The molecule has 0 N–H and O–H groups in total. The summed E-state index contributed by atoms with van der Waals surface area (Å²) in [5.41, 5.74) is 1.80. The van der Waals surface area contributed by atoms with E-state index in [1.807, 2.05) is 17.1 Å². The van der Waals surface area contributed by atoms with E-state index in [2.05, 4.69) is 32.7 Å². The van der Waals surface area contributed by atoms with E-state index < -0.39 is 0 Å². The average molecular weight is 277 g/mol. The molecule has 0 aliphatic heterocycles. The van der Waals surface area contributed by atoms with Crippen LogP contribution in [-0.4, -0.2) is 14.8 Å². The summed E-state index contributed by atoms with van der Waals surface area (Å²) in [5, 5.41) is 5.19. The fraction of sp³-hybridized carbons (Fsp3) is 0. The Hall–Kier alpha value is -0.430. The molecule has 2 heterocycles. The van der Waals surface area contributed by atoms with E-state index in [1.165, 1.54) is 0 Å². The number of thiazole rings is 1. The molecule has 0 radical (unpaired) electrons. The number of aromatic nitrogens is 3. The van der Waals surface area contributed by atoms with Gasteiger partial charge in [0.25, 0.3) is 0 Å². The summed E-state index contributed by atoms with van der Waals surface area (Å²) < 4.78 is 2.95. The second kappa shape index (κ2) is 2.90. The molecule has 11 heavy (non-hydrogen) atoms. The van der Waals surface area contributed by atoms with E-state index in [9.17, 15) is 0 Å². The molecular formula is C6H4IN3S. The van der Waals surface area contributed by atoms with Crippen LogP contribution in [-0.2, 0) is 0 Å². The standard InChI is InChI=1S/C6H4IN3S/c7-5-1-9-10(3-5)6-2-8-4-11-6/h1-4H. The maximum atomic E-state index is 4.14. The van der Waals surface area contributed by atoms with Crippen molar-refractivity contribution in [1.82, 2.24) is 14.8 Å². The third kappa shape index (κ3) is 1.43. The average Bonchev–Trinajstić information content (AvgIpc) is 2.55. The molecular weight excluding hydrogens is 273 g/mol. The minimum Gasteiger partial charge on any atom is -0.251 e. The third-order valence-electron chi connectivity index (χ3n) is 1.20. The van der Waals surface area contributed by atoms with Gasteiger partial charge in [0, 0.05) is 6.20 Å². The number of rotatable bonds is 1. The first-order chi connectivity index (χ1) is 5.36. The van der Waals surface area contributed by atoms with E-state index in [1.54, 1.807) is 23.0 Å². The summed E-state index contributed by atoms with van der Waals surface area (Å²) in [7, 11) is 0. The second-order valence-electron chi connectivity index (χ2n) is 1.94. The van der Waals surface area contributed by atoms with Crippen LogP contribution in [0.4, 0.5) is 0 Å². The molecule has 2 aromatic heterocycles. The Morgan fingerprint density at radius 2 is 2.36 bits per heavy atom. The number of nitrogens with zero attached hydrogens (tertiary/aromatic N) is 3. The molecule has 0 amide bonds. The Bertz CT molecular complexity index is 340. The highest BCUT2D eigenvalue weighted by Gasteiger charge is 1.98. The van der Waals surface area contributed by atoms with Gasteiger partial charge in [0.15, 0.2) is 0 Å². The maximum absolute atomic E-state index is 4.14. The molecule has 0 aliphatic carbocycles. The maximum Gasteiger partial charge on any atom is 0.137 e. The minimum absolute atomic E-state index is 1.05. The molecule has 0 aromatic carbocycles. The van der Waals surface area contributed by atoms with Gasteiger partial charge in [-0.3, -0.25) is 4.98 Å². The highest BCUT2D eigenvalue weighted by atomic mass is 127. The van der Waals surface area contributed by atoms with Gasteiger partial charge in [0.2, 0.25) is 0 Å². The molecule has 0 unspecified atom stereocenters. The molecule has 0 atom stereocenters. The topological polar surface area (TPSA) is 30.7 Å². The van der Waals surface area contributed by atoms with Gasteiger partial charge in [0.1, 0.15) is 5.00 Å². The lowest BCUT2D eigenvalue weighted by atomic mass is 10.7. The van der Waals surface area contributed by atoms with Crippen LogP contribution in [0.25, 0.3) is 5.00 Å². The second-order valence-corrected chi connectivity index (χ2v) is 4.05. The van der Waals surface area contributed by atoms with Gasteiger partial charge >= 0.3 is 0 Å². The van der Waals surface area contributed by atoms with E-state index in [0.717, 1.165) is 8.57 Å². The van der Waals surface area contributed by atoms with Crippen molar-refractivity contribution >= 4 is 33.9 Å². The van der Waals surface area contributed by atoms with Crippen LogP contribution in [0, 0.1) is 3.57 Å². The molecule has 0 aliphatic rings. The predicted molar refractivity (Wildman–Crippen MR) is 52.0 cm³/mol. The largest absolute Gasteiger partial charge is 0.251 e. The molecule has 5 heteroatoms. The summed E-state index contributed by atoms with van der Waals surface area (Å²) in [6.45, 7) is 0. The van der Waals surface area contributed by atoms with Gasteiger partial charge in [-0.15, -0.1) is 11.3 Å². The first kappa shape index (κ1) is 7.23. The van der Waals surface area contributed by atoms with Crippen molar-refractivity contribution < 1.29 is 0 Å². The van der Waals surface area contributed by atoms with Crippen molar-refractivity contribution in [2.45, 2.75) is 0 Å². The van der Waals surface area contributed by atoms with Gasteiger partial charge in [-0.05, 0) is 22.6 Å².